The Labute approximate surface area is 179 Å². The molecule has 0 radical (unpaired) electrons. The molecule has 1 heterocycles. The zero-order valence-electron chi connectivity index (χ0n) is 17.8. The van der Waals surface area contributed by atoms with E-state index in [1.807, 2.05) is 51.1 Å². The van der Waals surface area contributed by atoms with Crippen LogP contribution in [0.5, 0.6) is 5.75 Å². The monoisotopic (exact) mass is 430 g/mol. The summed E-state index contributed by atoms with van der Waals surface area (Å²) in [6, 6.07) is 14.5. The van der Waals surface area contributed by atoms with E-state index in [0.29, 0.717) is 31.7 Å². The molecule has 0 saturated carbocycles. The number of sulfonamides is 1. The lowest BCUT2D eigenvalue weighted by Gasteiger charge is -2.32. The molecule has 6 nitrogen and oxygen atoms in total. The van der Waals surface area contributed by atoms with Crippen LogP contribution in [0.2, 0.25) is 0 Å². The summed E-state index contributed by atoms with van der Waals surface area (Å²) in [5.74, 6) is 0.222. The quantitative estimate of drug-likeness (QED) is 0.727. The molecule has 0 aromatic heterocycles. The summed E-state index contributed by atoms with van der Waals surface area (Å²) in [4.78, 5) is 13.1. The van der Waals surface area contributed by atoms with Crippen LogP contribution in [0.4, 0.5) is 0 Å². The predicted octanol–water partition coefficient (Wildman–Crippen LogP) is 3.67. The van der Waals surface area contributed by atoms with E-state index >= 15 is 0 Å². The molecular formula is C23H30N2O4S. The summed E-state index contributed by atoms with van der Waals surface area (Å²) < 4.78 is 33.3. The van der Waals surface area contributed by atoms with Gasteiger partial charge in [-0.1, -0.05) is 30.3 Å². The van der Waals surface area contributed by atoms with Gasteiger partial charge in [-0.05, 0) is 62.9 Å². The van der Waals surface area contributed by atoms with Crippen LogP contribution in [-0.4, -0.2) is 38.3 Å². The van der Waals surface area contributed by atoms with Crippen molar-refractivity contribution in [3.8, 4) is 5.75 Å². The molecule has 1 aliphatic heterocycles. The number of nitrogens with zero attached hydrogens (tertiary/aromatic N) is 1. The van der Waals surface area contributed by atoms with Gasteiger partial charge in [-0.3, -0.25) is 4.79 Å². The third-order valence-corrected chi connectivity index (χ3v) is 7.36. The van der Waals surface area contributed by atoms with Crippen molar-refractivity contribution in [2.75, 3.05) is 19.7 Å². The molecule has 0 aliphatic carbocycles. The van der Waals surface area contributed by atoms with Crippen molar-refractivity contribution >= 4 is 15.9 Å². The first-order valence-electron chi connectivity index (χ1n) is 10.4. The lowest BCUT2D eigenvalue weighted by atomic mass is 9.98. The van der Waals surface area contributed by atoms with Gasteiger partial charge in [0, 0.05) is 13.1 Å². The van der Waals surface area contributed by atoms with Crippen LogP contribution in [0.3, 0.4) is 0 Å². The largest absolute Gasteiger partial charge is 0.494 e. The van der Waals surface area contributed by atoms with E-state index in [1.165, 1.54) is 4.31 Å². The molecule has 7 heteroatoms. The summed E-state index contributed by atoms with van der Waals surface area (Å²) in [6.45, 7) is 6.81. The van der Waals surface area contributed by atoms with Crippen molar-refractivity contribution in [2.45, 2.75) is 44.6 Å². The number of ether oxygens (including phenoxy) is 1. The Balaban J connectivity index is 1.70. The highest BCUT2D eigenvalue weighted by Crippen LogP contribution is 2.28. The highest BCUT2D eigenvalue weighted by Gasteiger charge is 2.34. The van der Waals surface area contributed by atoms with Crippen LogP contribution < -0.4 is 10.1 Å². The van der Waals surface area contributed by atoms with E-state index < -0.39 is 10.0 Å². The lowest BCUT2D eigenvalue weighted by molar-refractivity contribution is -0.126. The molecule has 1 fully saturated rings. The van der Waals surface area contributed by atoms with E-state index in [0.717, 1.165) is 11.1 Å². The number of hydrogen-bond acceptors (Lipinski definition) is 4. The second-order valence-corrected chi connectivity index (χ2v) is 9.64. The second kappa shape index (κ2) is 9.62. The highest BCUT2D eigenvalue weighted by atomic mass is 32.2. The fourth-order valence-corrected chi connectivity index (χ4v) is 5.39. The topological polar surface area (TPSA) is 75.7 Å². The van der Waals surface area contributed by atoms with E-state index in [9.17, 15) is 13.2 Å². The Morgan fingerprint density at radius 2 is 1.97 bits per heavy atom. The van der Waals surface area contributed by atoms with E-state index in [2.05, 4.69) is 5.32 Å². The number of piperidine rings is 1. The number of carbonyl (C=O) groups excluding carboxylic acids is 1. The zero-order valence-corrected chi connectivity index (χ0v) is 18.6. The molecule has 2 aromatic rings. The molecule has 162 valence electrons. The Morgan fingerprint density at radius 3 is 2.63 bits per heavy atom. The molecule has 1 amide bonds. The van der Waals surface area contributed by atoms with Gasteiger partial charge >= 0.3 is 0 Å². The number of hydrogen-bond donors (Lipinski definition) is 1. The number of aryl methyl sites for hydroxylation is 1. The van der Waals surface area contributed by atoms with E-state index in [1.54, 1.807) is 18.2 Å². The highest BCUT2D eigenvalue weighted by molar-refractivity contribution is 7.89. The van der Waals surface area contributed by atoms with Gasteiger partial charge in [0.2, 0.25) is 15.9 Å². The van der Waals surface area contributed by atoms with Crippen molar-refractivity contribution in [1.82, 2.24) is 9.62 Å². The van der Waals surface area contributed by atoms with Gasteiger partial charge in [-0.15, -0.1) is 0 Å². The first-order valence-corrected chi connectivity index (χ1v) is 11.9. The van der Waals surface area contributed by atoms with Crippen molar-refractivity contribution in [2.24, 2.45) is 5.92 Å². The average Bonchev–Trinajstić information content (AvgIpc) is 2.76. The van der Waals surface area contributed by atoms with Crippen LogP contribution in [0.15, 0.2) is 53.4 Å². The fourth-order valence-electron chi connectivity index (χ4n) is 3.78. The van der Waals surface area contributed by atoms with Crippen molar-refractivity contribution < 1.29 is 17.9 Å². The van der Waals surface area contributed by atoms with Gasteiger partial charge in [0.25, 0.3) is 0 Å². The van der Waals surface area contributed by atoms with Crippen LogP contribution >= 0.6 is 0 Å². The van der Waals surface area contributed by atoms with Crippen LogP contribution in [0.1, 0.15) is 43.9 Å². The summed E-state index contributed by atoms with van der Waals surface area (Å²) in [6.07, 6.45) is 1.34. The van der Waals surface area contributed by atoms with Crippen molar-refractivity contribution in [1.29, 1.82) is 0 Å². The third kappa shape index (κ3) is 5.02. The normalized spacial score (nSPS) is 18.6. The Hall–Kier alpha value is -2.38. The average molecular weight is 431 g/mol. The fraction of sp³-hybridized carbons (Fsp3) is 0.435. The maximum absolute atomic E-state index is 13.2. The first kappa shape index (κ1) is 22.3. The summed E-state index contributed by atoms with van der Waals surface area (Å²) in [7, 11) is -3.67. The van der Waals surface area contributed by atoms with Crippen LogP contribution in [0, 0.1) is 12.8 Å². The molecule has 2 aromatic carbocycles. The molecule has 0 unspecified atom stereocenters. The molecular weight excluding hydrogens is 400 g/mol. The van der Waals surface area contributed by atoms with Gasteiger partial charge in [0.1, 0.15) is 5.75 Å². The number of nitrogens with one attached hydrogen (secondary N) is 1. The molecule has 0 bridgehead atoms. The molecule has 1 aliphatic rings. The Kier molecular flexibility index (Phi) is 7.15. The maximum Gasteiger partial charge on any atom is 0.243 e. The van der Waals surface area contributed by atoms with E-state index in [-0.39, 0.29) is 29.3 Å². The van der Waals surface area contributed by atoms with Gasteiger partial charge < -0.3 is 10.1 Å². The number of amides is 1. The Bertz CT molecular complexity index is 976. The Morgan fingerprint density at radius 1 is 1.23 bits per heavy atom. The predicted molar refractivity (Wildman–Crippen MR) is 117 cm³/mol. The summed E-state index contributed by atoms with van der Waals surface area (Å²) >= 11 is 0. The summed E-state index contributed by atoms with van der Waals surface area (Å²) in [5.41, 5.74) is 1.80. The minimum absolute atomic E-state index is 0.103. The standard InChI is InChI=1S/C23H30N2O4S/c1-4-29-22-13-12-21(15-17(22)2)30(27,28)25-14-8-11-20(16-25)23(26)24-18(3)19-9-6-5-7-10-19/h5-7,9-10,12-13,15,18,20H,4,8,11,14,16H2,1-3H3,(H,24,26)/t18-,20-/m0/s1. The third-order valence-electron chi connectivity index (χ3n) is 5.50. The summed E-state index contributed by atoms with van der Waals surface area (Å²) in [5, 5.41) is 3.03. The second-order valence-electron chi connectivity index (χ2n) is 7.70. The smallest absolute Gasteiger partial charge is 0.243 e. The van der Waals surface area contributed by atoms with Gasteiger partial charge in [-0.25, -0.2) is 8.42 Å². The minimum Gasteiger partial charge on any atom is -0.494 e. The number of benzene rings is 2. The molecule has 3 rings (SSSR count). The lowest BCUT2D eigenvalue weighted by Crippen LogP contribution is -2.45. The molecule has 1 saturated heterocycles. The molecule has 1 N–H and O–H groups in total. The minimum atomic E-state index is -3.67. The molecule has 2 atom stereocenters. The van der Waals surface area contributed by atoms with Gasteiger partial charge in [0.05, 0.1) is 23.5 Å². The first-order chi connectivity index (χ1) is 14.3. The number of carbonyl (C=O) groups is 1. The SMILES string of the molecule is CCOc1ccc(S(=O)(=O)N2CCC[C@H](C(=O)N[C@@H](C)c3ccccc3)C2)cc1C. The van der Waals surface area contributed by atoms with Crippen LogP contribution in [-0.2, 0) is 14.8 Å². The van der Waals surface area contributed by atoms with Gasteiger partial charge in [0.15, 0.2) is 0 Å². The van der Waals surface area contributed by atoms with E-state index in [4.69, 9.17) is 4.74 Å². The molecule has 0 spiro atoms. The zero-order chi connectivity index (χ0) is 21.7. The number of rotatable bonds is 7. The van der Waals surface area contributed by atoms with Crippen molar-refractivity contribution in [3.05, 3.63) is 59.7 Å². The van der Waals surface area contributed by atoms with Crippen LogP contribution in [0.25, 0.3) is 0 Å². The van der Waals surface area contributed by atoms with Crippen molar-refractivity contribution in [3.63, 3.8) is 0 Å². The van der Waals surface area contributed by atoms with Gasteiger partial charge in [-0.2, -0.15) is 4.31 Å². The maximum atomic E-state index is 13.2. The molecule has 30 heavy (non-hydrogen) atoms.